The second kappa shape index (κ2) is 6.84. The number of carbonyl (C=O) groups is 1. The molecule has 1 fully saturated rings. The van der Waals surface area contributed by atoms with Crippen molar-refractivity contribution < 1.29 is 4.79 Å². The number of fused-ring (bicyclic) bond motifs is 1. The first-order valence-electron chi connectivity index (χ1n) is 8.15. The monoisotopic (exact) mass is 332 g/mol. The lowest BCUT2D eigenvalue weighted by molar-refractivity contribution is 0.0828. The van der Waals surface area contributed by atoms with Crippen LogP contribution in [-0.4, -0.2) is 42.5 Å². The number of carbonyl (C=O) groups excluding carboxylic acids is 1. The fourth-order valence-electron chi connectivity index (χ4n) is 3.10. The molecule has 23 heavy (non-hydrogen) atoms. The van der Waals surface area contributed by atoms with E-state index in [1.54, 1.807) is 30.3 Å². The largest absolute Gasteiger partial charge is 0.359 e. The predicted molar refractivity (Wildman–Crippen MR) is 96.1 cm³/mol. The van der Waals surface area contributed by atoms with Gasteiger partial charge in [-0.25, -0.2) is 4.98 Å². The van der Waals surface area contributed by atoms with E-state index in [1.165, 1.54) is 12.8 Å². The third kappa shape index (κ3) is 3.64. The van der Waals surface area contributed by atoms with Gasteiger partial charge in [-0.1, -0.05) is 11.3 Å². The molecule has 0 unspecified atom stereocenters. The summed E-state index contributed by atoms with van der Waals surface area (Å²) in [4.78, 5) is 18.3. The van der Waals surface area contributed by atoms with Crippen molar-refractivity contribution in [2.45, 2.75) is 31.7 Å². The van der Waals surface area contributed by atoms with Crippen molar-refractivity contribution in [2.75, 3.05) is 26.0 Å². The lowest BCUT2D eigenvalue weighted by Gasteiger charge is -2.28. The Labute approximate surface area is 140 Å². The molecule has 1 aliphatic carbocycles. The highest BCUT2D eigenvalue weighted by atomic mass is 32.1. The molecule has 0 spiro atoms. The van der Waals surface area contributed by atoms with Crippen LogP contribution in [0.1, 0.15) is 36.0 Å². The van der Waals surface area contributed by atoms with Crippen LogP contribution >= 0.6 is 11.3 Å². The molecule has 0 aliphatic heterocycles. The topological polar surface area (TPSA) is 71.2 Å². The summed E-state index contributed by atoms with van der Waals surface area (Å²) in [6.07, 6.45) is 4.70. The number of hydrogen-bond donors (Lipinski definition) is 2. The van der Waals surface area contributed by atoms with E-state index in [9.17, 15) is 4.79 Å². The van der Waals surface area contributed by atoms with Crippen molar-refractivity contribution in [3.8, 4) is 0 Å². The van der Waals surface area contributed by atoms with Crippen LogP contribution < -0.4 is 11.1 Å². The minimum atomic E-state index is 0.00881. The second-order valence-electron chi connectivity index (χ2n) is 6.50. The van der Waals surface area contributed by atoms with Crippen LogP contribution in [0.4, 0.5) is 5.13 Å². The molecule has 1 heterocycles. The fourth-order valence-corrected chi connectivity index (χ4v) is 4.02. The molecule has 0 radical (unpaired) electrons. The SMILES string of the molecule is CN(C)C(=O)c1ccc2sc(NC3CCC(CN)CC3)nc2c1. The smallest absolute Gasteiger partial charge is 0.253 e. The van der Waals surface area contributed by atoms with Gasteiger partial charge in [0.15, 0.2) is 5.13 Å². The van der Waals surface area contributed by atoms with E-state index in [0.717, 1.165) is 34.7 Å². The summed E-state index contributed by atoms with van der Waals surface area (Å²) in [5.74, 6) is 0.692. The standard InChI is InChI=1S/C17H24N4OS/c1-21(2)16(22)12-5-8-15-14(9-12)20-17(23-15)19-13-6-3-11(10-18)4-7-13/h5,8-9,11,13H,3-4,6-7,10,18H2,1-2H3,(H,19,20). The molecule has 1 amide bonds. The zero-order valence-corrected chi connectivity index (χ0v) is 14.5. The molecule has 1 aromatic carbocycles. The van der Waals surface area contributed by atoms with Crippen LogP contribution in [0.25, 0.3) is 10.2 Å². The van der Waals surface area contributed by atoms with Crippen LogP contribution in [0.3, 0.4) is 0 Å². The van der Waals surface area contributed by atoms with Gasteiger partial charge in [-0.2, -0.15) is 0 Å². The van der Waals surface area contributed by atoms with Crippen molar-refractivity contribution >= 4 is 32.6 Å². The molecule has 3 rings (SSSR count). The van der Waals surface area contributed by atoms with Gasteiger partial charge in [-0.3, -0.25) is 4.79 Å². The lowest BCUT2D eigenvalue weighted by Crippen LogP contribution is -2.29. The van der Waals surface area contributed by atoms with E-state index < -0.39 is 0 Å². The van der Waals surface area contributed by atoms with Crippen LogP contribution in [0, 0.1) is 5.92 Å². The Balaban J connectivity index is 1.72. The molecule has 2 aromatic rings. The molecule has 1 aliphatic rings. The average Bonchev–Trinajstić information content (AvgIpc) is 2.96. The van der Waals surface area contributed by atoms with Gasteiger partial charge in [0.25, 0.3) is 5.91 Å². The highest BCUT2D eigenvalue weighted by Gasteiger charge is 2.21. The number of aromatic nitrogens is 1. The quantitative estimate of drug-likeness (QED) is 0.903. The number of amides is 1. The van der Waals surface area contributed by atoms with E-state index in [-0.39, 0.29) is 5.91 Å². The number of rotatable bonds is 4. The first-order chi connectivity index (χ1) is 11.1. The Kier molecular flexibility index (Phi) is 4.82. The van der Waals surface area contributed by atoms with Crippen LogP contribution in [0.15, 0.2) is 18.2 Å². The van der Waals surface area contributed by atoms with Gasteiger partial charge in [0.2, 0.25) is 0 Å². The number of benzene rings is 1. The van der Waals surface area contributed by atoms with Gasteiger partial charge in [0.05, 0.1) is 10.2 Å². The third-order valence-electron chi connectivity index (χ3n) is 4.55. The minimum Gasteiger partial charge on any atom is -0.359 e. The molecular formula is C17H24N4OS. The summed E-state index contributed by atoms with van der Waals surface area (Å²) in [5, 5.41) is 4.51. The lowest BCUT2D eigenvalue weighted by atomic mass is 9.86. The maximum absolute atomic E-state index is 12.0. The van der Waals surface area contributed by atoms with Gasteiger partial charge in [-0.05, 0) is 56.3 Å². The van der Waals surface area contributed by atoms with Crippen molar-refractivity contribution in [1.29, 1.82) is 0 Å². The number of hydrogen-bond acceptors (Lipinski definition) is 5. The Morgan fingerprint density at radius 3 is 2.74 bits per heavy atom. The first-order valence-corrected chi connectivity index (χ1v) is 8.97. The Morgan fingerprint density at radius 1 is 1.35 bits per heavy atom. The van der Waals surface area contributed by atoms with E-state index in [4.69, 9.17) is 5.73 Å². The highest BCUT2D eigenvalue weighted by Crippen LogP contribution is 2.30. The van der Waals surface area contributed by atoms with Gasteiger partial charge < -0.3 is 16.0 Å². The first kappa shape index (κ1) is 16.2. The maximum Gasteiger partial charge on any atom is 0.253 e. The Hall–Kier alpha value is -1.66. The zero-order chi connectivity index (χ0) is 16.4. The van der Waals surface area contributed by atoms with Gasteiger partial charge in [0.1, 0.15) is 0 Å². The molecule has 3 N–H and O–H groups in total. The molecule has 5 nitrogen and oxygen atoms in total. The maximum atomic E-state index is 12.0. The van der Waals surface area contributed by atoms with E-state index in [0.29, 0.717) is 17.5 Å². The number of nitrogens with one attached hydrogen (secondary N) is 1. The van der Waals surface area contributed by atoms with E-state index in [2.05, 4.69) is 10.3 Å². The Bertz CT molecular complexity index is 689. The predicted octanol–water partition coefficient (Wildman–Crippen LogP) is 2.93. The number of thiazole rings is 1. The number of nitrogens with two attached hydrogens (primary N) is 1. The molecule has 1 aromatic heterocycles. The molecule has 0 bridgehead atoms. The highest BCUT2D eigenvalue weighted by molar-refractivity contribution is 7.22. The summed E-state index contributed by atoms with van der Waals surface area (Å²) in [5.41, 5.74) is 7.32. The third-order valence-corrected chi connectivity index (χ3v) is 5.52. The average molecular weight is 332 g/mol. The second-order valence-corrected chi connectivity index (χ2v) is 7.53. The van der Waals surface area contributed by atoms with Crippen LogP contribution in [-0.2, 0) is 0 Å². The fraction of sp³-hybridized carbons (Fsp3) is 0.529. The molecule has 0 saturated heterocycles. The van der Waals surface area contributed by atoms with E-state index in [1.807, 2.05) is 18.2 Å². The summed E-state index contributed by atoms with van der Waals surface area (Å²) < 4.78 is 1.11. The van der Waals surface area contributed by atoms with Crippen LogP contribution in [0.2, 0.25) is 0 Å². The minimum absolute atomic E-state index is 0.00881. The summed E-state index contributed by atoms with van der Waals surface area (Å²) in [6.45, 7) is 0.802. The molecule has 0 atom stereocenters. The number of anilines is 1. The van der Waals surface area contributed by atoms with Crippen molar-refractivity contribution in [3.05, 3.63) is 23.8 Å². The summed E-state index contributed by atoms with van der Waals surface area (Å²) in [6, 6.07) is 6.23. The Morgan fingerprint density at radius 2 is 2.09 bits per heavy atom. The van der Waals surface area contributed by atoms with Gasteiger partial charge >= 0.3 is 0 Å². The van der Waals surface area contributed by atoms with Crippen molar-refractivity contribution in [3.63, 3.8) is 0 Å². The summed E-state index contributed by atoms with van der Waals surface area (Å²) >= 11 is 1.65. The van der Waals surface area contributed by atoms with Crippen molar-refractivity contribution in [2.24, 2.45) is 11.7 Å². The summed E-state index contributed by atoms with van der Waals surface area (Å²) in [7, 11) is 3.52. The normalized spacial score (nSPS) is 21.3. The van der Waals surface area contributed by atoms with Crippen molar-refractivity contribution in [1.82, 2.24) is 9.88 Å². The molecule has 1 saturated carbocycles. The van der Waals surface area contributed by atoms with E-state index >= 15 is 0 Å². The number of nitrogens with zero attached hydrogens (tertiary/aromatic N) is 2. The molecule has 124 valence electrons. The van der Waals surface area contributed by atoms with Gasteiger partial charge in [0, 0.05) is 25.7 Å². The zero-order valence-electron chi connectivity index (χ0n) is 13.7. The molecular weight excluding hydrogens is 308 g/mol. The molecule has 6 heteroatoms. The van der Waals surface area contributed by atoms with Gasteiger partial charge in [-0.15, -0.1) is 0 Å². The van der Waals surface area contributed by atoms with Crippen LogP contribution in [0.5, 0.6) is 0 Å².